The molecule has 0 heterocycles. The van der Waals surface area contributed by atoms with E-state index in [4.69, 9.17) is 9.47 Å². The van der Waals surface area contributed by atoms with Crippen molar-refractivity contribution in [2.75, 3.05) is 20.2 Å². The summed E-state index contributed by atoms with van der Waals surface area (Å²) in [6, 6.07) is 15.0. The molecule has 9 nitrogen and oxygen atoms in total. The zero-order chi connectivity index (χ0) is 29.3. The summed E-state index contributed by atoms with van der Waals surface area (Å²) < 4.78 is 10.8. The number of benzene rings is 2. The van der Waals surface area contributed by atoms with Crippen molar-refractivity contribution in [1.82, 2.24) is 10.2 Å². The van der Waals surface area contributed by atoms with Gasteiger partial charge in [0.2, 0.25) is 5.91 Å². The Labute approximate surface area is 235 Å². The first-order chi connectivity index (χ1) is 19.0. The molecule has 0 aromatic heterocycles. The SMILES string of the molecule is CN(C(=O)OCC1c2ccccc2-c2ccccc21)[C@@H](CCCCNC(=O)CCCC(=O)OC(C)(C)C)C(=O)O. The maximum absolute atomic E-state index is 12.8. The van der Waals surface area contributed by atoms with Gasteiger partial charge in [0, 0.05) is 32.4 Å². The van der Waals surface area contributed by atoms with Gasteiger partial charge in [0.25, 0.3) is 0 Å². The summed E-state index contributed by atoms with van der Waals surface area (Å²) in [4.78, 5) is 49.6. The van der Waals surface area contributed by atoms with Crippen LogP contribution in [0.4, 0.5) is 4.79 Å². The third-order valence-corrected chi connectivity index (χ3v) is 6.81. The largest absolute Gasteiger partial charge is 0.480 e. The molecule has 9 heteroatoms. The molecule has 2 amide bonds. The second-order valence-corrected chi connectivity index (χ2v) is 11.1. The number of unbranched alkanes of at least 4 members (excludes halogenated alkanes) is 1. The van der Waals surface area contributed by atoms with Gasteiger partial charge in [0.15, 0.2) is 0 Å². The van der Waals surface area contributed by atoms with Crippen LogP contribution < -0.4 is 5.32 Å². The first-order valence-electron chi connectivity index (χ1n) is 13.8. The molecule has 1 aliphatic carbocycles. The van der Waals surface area contributed by atoms with E-state index in [1.54, 1.807) is 20.8 Å². The molecule has 216 valence electrons. The smallest absolute Gasteiger partial charge is 0.410 e. The fourth-order valence-electron chi connectivity index (χ4n) is 4.87. The van der Waals surface area contributed by atoms with Crippen LogP contribution in [0.2, 0.25) is 0 Å². The third kappa shape index (κ3) is 8.56. The zero-order valence-electron chi connectivity index (χ0n) is 23.8. The minimum Gasteiger partial charge on any atom is -0.480 e. The van der Waals surface area contributed by atoms with Crippen molar-refractivity contribution in [1.29, 1.82) is 0 Å². The van der Waals surface area contributed by atoms with Gasteiger partial charge in [-0.3, -0.25) is 14.5 Å². The Morgan fingerprint density at radius 3 is 2.10 bits per heavy atom. The number of ether oxygens (including phenoxy) is 2. The number of amides is 2. The highest BCUT2D eigenvalue weighted by atomic mass is 16.6. The lowest BCUT2D eigenvalue weighted by molar-refractivity contribution is -0.155. The zero-order valence-corrected chi connectivity index (χ0v) is 23.8. The molecule has 0 fully saturated rings. The Hall–Kier alpha value is -3.88. The van der Waals surface area contributed by atoms with Gasteiger partial charge >= 0.3 is 18.0 Å². The van der Waals surface area contributed by atoms with Crippen LogP contribution in [-0.2, 0) is 23.9 Å². The van der Waals surface area contributed by atoms with Crippen LogP contribution in [0.25, 0.3) is 11.1 Å². The van der Waals surface area contributed by atoms with Crippen molar-refractivity contribution in [3.63, 3.8) is 0 Å². The molecule has 0 saturated carbocycles. The number of nitrogens with zero attached hydrogens (tertiary/aromatic N) is 1. The number of carbonyl (C=O) groups is 4. The maximum Gasteiger partial charge on any atom is 0.410 e. The molecule has 0 spiro atoms. The van der Waals surface area contributed by atoms with Crippen molar-refractivity contribution in [2.45, 2.75) is 76.9 Å². The van der Waals surface area contributed by atoms with Crippen LogP contribution in [-0.4, -0.2) is 65.8 Å². The Bertz CT molecular complexity index is 1160. The van der Waals surface area contributed by atoms with Crippen LogP contribution in [0.1, 0.15) is 76.3 Å². The van der Waals surface area contributed by atoms with Gasteiger partial charge in [0.1, 0.15) is 18.2 Å². The number of aliphatic carboxylic acids is 1. The summed E-state index contributed by atoms with van der Waals surface area (Å²) in [5.74, 6) is -1.72. The molecule has 3 rings (SSSR count). The van der Waals surface area contributed by atoms with E-state index in [1.807, 2.05) is 36.4 Å². The van der Waals surface area contributed by atoms with Crippen molar-refractivity contribution in [3.8, 4) is 11.1 Å². The summed E-state index contributed by atoms with van der Waals surface area (Å²) in [6.45, 7) is 5.88. The van der Waals surface area contributed by atoms with Gasteiger partial charge in [-0.15, -0.1) is 0 Å². The molecular formula is C31H40N2O7. The van der Waals surface area contributed by atoms with Gasteiger partial charge in [-0.25, -0.2) is 9.59 Å². The summed E-state index contributed by atoms with van der Waals surface area (Å²) >= 11 is 0. The minimum absolute atomic E-state index is 0.110. The highest BCUT2D eigenvalue weighted by molar-refractivity contribution is 5.81. The van der Waals surface area contributed by atoms with E-state index in [9.17, 15) is 24.3 Å². The number of nitrogens with one attached hydrogen (secondary N) is 1. The van der Waals surface area contributed by atoms with Crippen molar-refractivity contribution >= 4 is 23.9 Å². The van der Waals surface area contributed by atoms with E-state index in [-0.39, 0.29) is 43.7 Å². The van der Waals surface area contributed by atoms with Gasteiger partial charge < -0.3 is 19.9 Å². The Morgan fingerprint density at radius 1 is 0.925 bits per heavy atom. The van der Waals surface area contributed by atoms with Crippen LogP contribution in [0.3, 0.4) is 0 Å². The average Bonchev–Trinajstić information content (AvgIpc) is 3.21. The van der Waals surface area contributed by atoms with E-state index in [1.165, 1.54) is 7.05 Å². The van der Waals surface area contributed by atoms with Crippen LogP contribution >= 0.6 is 0 Å². The number of rotatable bonds is 13. The number of likely N-dealkylation sites (N-methyl/N-ethyl adjacent to an activating group) is 1. The number of carbonyl (C=O) groups excluding carboxylic acids is 3. The molecule has 0 radical (unpaired) electrons. The summed E-state index contributed by atoms with van der Waals surface area (Å²) in [6.07, 6.45) is 1.37. The van der Waals surface area contributed by atoms with Crippen molar-refractivity contribution < 1.29 is 33.8 Å². The molecule has 1 atom stereocenters. The molecule has 0 aliphatic heterocycles. The molecule has 2 N–H and O–H groups in total. The second-order valence-electron chi connectivity index (χ2n) is 11.1. The number of esters is 1. The minimum atomic E-state index is -1.11. The molecule has 0 unspecified atom stereocenters. The fraction of sp³-hybridized carbons (Fsp3) is 0.484. The number of fused-ring (bicyclic) bond motifs is 3. The lowest BCUT2D eigenvalue weighted by atomic mass is 9.98. The highest BCUT2D eigenvalue weighted by Crippen LogP contribution is 2.44. The Balaban J connectivity index is 1.40. The number of carboxylic acids is 1. The van der Waals surface area contributed by atoms with E-state index >= 15 is 0 Å². The lowest BCUT2D eigenvalue weighted by Crippen LogP contribution is -2.43. The predicted molar refractivity (Wildman–Crippen MR) is 151 cm³/mol. The van der Waals surface area contributed by atoms with Gasteiger partial charge in [-0.2, -0.15) is 0 Å². The molecular weight excluding hydrogens is 512 g/mol. The number of hydrogen-bond donors (Lipinski definition) is 2. The summed E-state index contributed by atoms with van der Waals surface area (Å²) in [5, 5.41) is 12.5. The lowest BCUT2D eigenvalue weighted by Gasteiger charge is -2.25. The summed E-state index contributed by atoms with van der Waals surface area (Å²) in [5.41, 5.74) is 3.85. The third-order valence-electron chi connectivity index (χ3n) is 6.81. The van der Waals surface area contributed by atoms with E-state index in [0.29, 0.717) is 25.8 Å². The summed E-state index contributed by atoms with van der Waals surface area (Å²) in [7, 11) is 1.43. The Kier molecular flexibility index (Phi) is 10.7. The van der Waals surface area contributed by atoms with Crippen molar-refractivity contribution in [2.24, 2.45) is 0 Å². The quantitative estimate of drug-likeness (QED) is 0.261. The van der Waals surface area contributed by atoms with E-state index in [0.717, 1.165) is 27.2 Å². The predicted octanol–water partition coefficient (Wildman–Crippen LogP) is 5.12. The van der Waals surface area contributed by atoms with E-state index < -0.39 is 23.7 Å². The van der Waals surface area contributed by atoms with Gasteiger partial charge in [0.05, 0.1) is 0 Å². The molecule has 1 aliphatic rings. The fourth-order valence-corrected chi connectivity index (χ4v) is 4.87. The topological polar surface area (TPSA) is 122 Å². The molecule has 0 saturated heterocycles. The molecule has 2 aromatic carbocycles. The van der Waals surface area contributed by atoms with Crippen LogP contribution in [0, 0.1) is 0 Å². The number of carboxylic acid groups (broad SMARTS) is 1. The first-order valence-corrected chi connectivity index (χ1v) is 13.8. The monoisotopic (exact) mass is 552 g/mol. The molecule has 40 heavy (non-hydrogen) atoms. The first kappa shape index (κ1) is 30.7. The second kappa shape index (κ2) is 14.0. The standard InChI is InChI=1S/C31H40N2O7/c1-31(2,3)40-28(35)18-11-17-27(34)32-19-10-9-16-26(29(36)37)33(4)30(38)39-20-25-23-14-7-5-12-21(23)22-13-6-8-15-24(22)25/h5-8,12-15,25-26H,9-11,16-20H2,1-4H3,(H,32,34)(H,36,37)/t26-/m0/s1. The van der Waals surface area contributed by atoms with E-state index in [2.05, 4.69) is 17.4 Å². The van der Waals surface area contributed by atoms with Crippen LogP contribution in [0.5, 0.6) is 0 Å². The molecule has 0 bridgehead atoms. The van der Waals surface area contributed by atoms with Gasteiger partial charge in [-0.1, -0.05) is 48.5 Å². The number of hydrogen-bond acceptors (Lipinski definition) is 6. The maximum atomic E-state index is 12.8. The van der Waals surface area contributed by atoms with Gasteiger partial charge in [-0.05, 0) is 68.7 Å². The average molecular weight is 553 g/mol. The molecule has 2 aromatic rings. The normalized spacial score (nSPS) is 13.1. The highest BCUT2D eigenvalue weighted by Gasteiger charge is 2.31. The van der Waals surface area contributed by atoms with Crippen molar-refractivity contribution in [3.05, 3.63) is 59.7 Å². The Morgan fingerprint density at radius 2 is 1.52 bits per heavy atom. The van der Waals surface area contributed by atoms with Crippen LogP contribution in [0.15, 0.2) is 48.5 Å².